The summed E-state index contributed by atoms with van der Waals surface area (Å²) in [5.41, 5.74) is 0.878. The SMILES string of the molecule is CS(=O)(=O)NC(=O)Cc1csc(NC(=O)c2ccccc2)n1. The molecule has 0 saturated heterocycles. The highest BCUT2D eigenvalue weighted by atomic mass is 32.2. The fourth-order valence-corrected chi connectivity index (χ4v) is 2.80. The molecule has 1 aromatic heterocycles. The van der Waals surface area contributed by atoms with E-state index in [-0.39, 0.29) is 12.3 Å². The van der Waals surface area contributed by atoms with Crippen LogP contribution in [-0.4, -0.2) is 31.5 Å². The van der Waals surface area contributed by atoms with Crippen LogP contribution in [0.3, 0.4) is 0 Å². The second kappa shape index (κ2) is 6.67. The first kappa shape index (κ1) is 16.1. The van der Waals surface area contributed by atoms with E-state index in [1.807, 2.05) is 4.72 Å². The van der Waals surface area contributed by atoms with Crippen molar-refractivity contribution in [1.29, 1.82) is 0 Å². The van der Waals surface area contributed by atoms with Gasteiger partial charge in [0.25, 0.3) is 5.91 Å². The molecule has 2 aromatic rings. The Hall–Kier alpha value is -2.26. The van der Waals surface area contributed by atoms with Crippen molar-refractivity contribution >= 4 is 38.3 Å². The number of hydrogen-bond acceptors (Lipinski definition) is 6. The molecule has 2 rings (SSSR count). The number of aromatic nitrogens is 1. The largest absolute Gasteiger partial charge is 0.298 e. The Morgan fingerprint density at radius 2 is 1.91 bits per heavy atom. The number of benzene rings is 1. The Balaban J connectivity index is 1.97. The lowest BCUT2D eigenvalue weighted by molar-refractivity contribution is -0.118. The summed E-state index contributed by atoms with van der Waals surface area (Å²) in [4.78, 5) is 27.5. The average Bonchev–Trinajstić information content (AvgIpc) is 2.84. The molecule has 0 bridgehead atoms. The van der Waals surface area contributed by atoms with Gasteiger partial charge in [-0.25, -0.2) is 13.4 Å². The molecule has 116 valence electrons. The van der Waals surface area contributed by atoms with Gasteiger partial charge in [-0.2, -0.15) is 0 Å². The van der Waals surface area contributed by atoms with Crippen LogP contribution in [0.25, 0.3) is 0 Å². The van der Waals surface area contributed by atoms with Crippen LogP contribution in [0.4, 0.5) is 5.13 Å². The van der Waals surface area contributed by atoms with E-state index in [0.29, 0.717) is 16.4 Å². The topological polar surface area (TPSA) is 105 Å². The van der Waals surface area contributed by atoms with Crippen molar-refractivity contribution in [2.75, 3.05) is 11.6 Å². The highest BCUT2D eigenvalue weighted by molar-refractivity contribution is 7.89. The molecule has 0 unspecified atom stereocenters. The van der Waals surface area contributed by atoms with Crippen molar-refractivity contribution in [2.24, 2.45) is 0 Å². The Morgan fingerprint density at radius 3 is 2.55 bits per heavy atom. The van der Waals surface area contributed by atoms with E-state index < -0.39 is 15.9 Å². The zero-order valence-electron chi connectivity index (χ0n) is 11.6. The van der Waals surface area contributed by atoms with Gasteiger partial charge >= 0.3 is 0 Å². The molecule has 0 fully saturated rings. The highest BCUT2D eigenvalue weighted by Gasteiger charge is 2.13. The minimum atomic E-state index is -3.59. The Kier molecular flexibility index (Phi) is 4.88. The molecule has 2 amide bonds. The van der Waals surface area contributed by atoms with Crippen LogP contribution in [0.1, 0.15) is 16.1 Å². The molecule has 0 saturated carbocycles. The first-order valence-corrected chi connectivity index (χ1v) is 8.92. The van der Waals surface area contributed by atoms with E-state index in [9.17, 15) is 18.0 Å². The Labute approximate surface area is 131 Å². The van der Waals surface area contributed by atoms with Gasteiger partial charge in [-0.15, -0.1) is 11.3 Å². The molecule has 0 aliphatic heterocycles. The standard InChI is InChI=1S/C13H13N3O4S2/c1-22(19,20)16-11(17)7-10-8-21-13(14-10)15-12(18)9-5-3-2-4-6-9/h2-6,8H,7H2,1H3,(H,16,17)(H,14,15,18). The van der Waals surface area contributed by atoms with Gasteiger partial charge in [0.2, 0.25) is 15.9 Å². The summed E-state index contributed by atoms with van der Waals surface area (Å²) in [5, 5.41) is 4.55. The summed E-state index contributed by atoms with van der Waals surface area (Å²) in [5.74, 6) is -0.976. The highest BCUT2D eigenvalue weighted by Crippen LogP contribution is 2.17. The van der Waals surface area contributed by atoms with E-state index in [1.54, 1.807) is 35.7 Å². The van der Waals surface area contributed by atoms with Crippen molar-refractivity contribution in [2.45, 2.75) is 6.42 Å². The minimum absolute atomic E-state index is 0.176. The lowest BCUT2D eigenvalue weighted by Gasteiger charge is -2.01. The number of rotatable bonds is 5. The number of carbonyl (C=O) groups excluding carboxylic acids is 2. The van der Waals surface area contributed by atoms with Gasteiger partial charge in [-0.05, 0) is 12.1 Å². The monoisotopic (exact) mass is 339 g/mol. The van der Waals surface area contributed by atoms with Gasteiger partial charge in [0.05, 0.1) is 18.4 Å². The number of carbonyl (C=O) groups is 2. The van der Waals surface area contributed by atoms with Crippen LogP contribution in [0, 0.1) is 0 Å². The van der Waals surface area contributed by atoms with Crippen molar-refractivity contribution in [3.8, 4) is 0 Å². The third-order valence-corrected chi connectivity index (χ3v) is 3.85. The van der Waals surface area contributed by atoms with Crippen molar-refractivity contribution in [3.05, 3.63) is 47.0 Å². The van der Waals surface area contributed by atoms with E-state index in [4.69, 9.17) is 0 Å². The van der Waals surface area contributed by atoms with Gasteiger partial charge < -0.3 is 0 Å². The molecular formula is C13H13N3O4S2. The maximum absolute atomic E-state index is 11.9. The Bertz CT molecular complexity index is 785. The fraction of sp³-hybridized carbons (Fsp3) is 0.154. The predicted octanol–water partition coefficient (Wildman–Crippen LogP) is 1.01. The van der Waals surface area contributed by atoms with E-state index in [0.717, 1.165) is 17.6 Å². The van der Waals surface area contributed by atoms with Gasteiger partial charge in [-0.1, -0.05) is 18.2 Å². The first-order chi connectivity index (χ1) is 10.3. The van der Waals surface area contributed by atoms with Crippen molar-refractivity contribution in [1.82, 2.24) is 9.71 Å². The molecule has 1 heterocycles. The van der Waals surface area contributed by atoms with Crippen LogP contribution in [0.15, 0.2) is 35.7 Å². The molecule has 2 N–H and O–H groups in total. The fourth-order valence-electron chi connectivity index (χ4n) is 1.61. The maximum atomic E-state index is 11.9. The summed E-state index contributed by atoms with van der Waals surface area (Å²) in [6.07, 6.45) is 0.724. The summed E-state index contributed by atoms with van der Waals surface area (Å²) in [7, 11) is -3.59. The summed E-state index contributed by atoms with van der Waals surface area (Å²) >= 11 is 1.16. The molecule has 0 aliphatic rings. The van der Waals surface area contributed by atoms with Crippen LogP contribution in [0.2, 0.25) is 0 Å². The predicted molar refractivity (Wildman–Crippen MR) is 83.2 cm³/mol. The first-order valence-electron chi connectivity index (χ1n) is 6.15. The molecular weight excluding hydrogens is 326 g/mol. The molecule has 0 radical (unpaired) electrons. The van der Waals surface area contributed by atoms with E-state index in [2.05, 4.69) is 10.3 Å². The summed E-state index contributed by atoms with van der Waals surface area (Å²) < 4.78 is 23.7. The molecule has 7 nitrogen and oxygen atoms in total. The molecule has 22 heavy (non-hydrogen) atoms. The van der Waals surface area contributed by atoms with Gasteiger partial charge in [0.1, 0.15) is 0 Å². The maximum Gasteiger partial charge on any atom is 0.257 e. The Morgan fingerprint density at radius 1 is 1.23 bits per heavy atom. The van der Waals surface area contributed by atoms with Crippen LogP contribution < -0.4 is 10.0 Å². The molecule has 0 aliphatic carbocycles. The van der Waals surface area contributed by atoms with E-state index in [1.165, 1.54) is 0 Å². The second-order valence-corrected chi connectivity index (χ2v) is 7.04. The summed E-state index contributed by atoms with van der Waals surface area (Å²) in [6, 6.07) is 8.64. The van der Waals surface area contributed by atoms with Crippen LogP contribution in [0.5, 0.6) is 0 Å². The zero-order chi connectivity index (χ0) is 16.2. The number of nitrogens with zero attached hydrogens (tertiary/aromatic N) is 1. The van der Waals surface area contributed by atoms with Crippen molar-refractivity contribution in [3.63, 3.8) is 0 Å². The lowest BCUT2D eigenvalue weighted by atomic mass is 10.2. The van der Waals surface area contributed by atoms with Crippen LogP contribution >= 0.6 is 11.3 Å². The van der Waals surface area contributed by atoms with Gasteiger partial charge in [0, 0.05) is 10.9 Å². The quantitative estimate of drug-likeness (QED) is 0.846. The summed E-state index contributed by atoms with van der Waals surface area (Å²) in [6.45, 7) is 0. The number of thiazole rings is 1. The molecule has 0 spiro atoms. The normalized spacial score (nSPS) is 11.0. The van der Waals surface area contributed by atoms with Gasteiger partial charge in [0.15, 0.2) is 5.13 Å². The number of amides is 2. The van der Waals surface area contributed by atoms with E-state index >= 15 is 0 Å². The average molecular weight is 339 g/mol. The molecule has 0 atom stereocenters. The zero-order valence-corrected chi connectivity index (χ0v) is 13.2. The second-order valence-electron chi connectivity index (χ2n) is 4.44. The third kappa shape index (κ3) is 4.93. The number of nitrogens with one attached hydrogen (secondary N) is 2. The van der Waals surface area contributed by atoms with Crippen LogP contribution in [-0.2, 0) is 21.2 Å². The smallest absolute Gasteiger partial charge is 0.257 e. The number of hydrogen-bond donors (Lipinski definition) is 2. The van der Waals surface area contributed by atoms with Crippen molar-refractivity contribution < 1.29 is 18.0 Å². The molecule has 1 aromatic carbocycles. The van der Waals surface area contributed by atoms with Gasteiger partial charge in [-0.3, -0.25) is 19.6 Å². The third-order valence-electron chi connectivity index (χ3n) is 2.45. The number of sulfonamides is 1. The molecule has 9 heteroatoms. The lowest BCUT2D eigenvalue weighted by Crippen LogP contribution is -2.30. The number of anilines is 1. The minimum Gasteiger partial charge on any atom is -0.298 e.